The summed E-state index contributed by atoms with van der Waals surface area (Å²) >= 11 is 3.31. The first-order valence-corrected chi connectivity index (χ1v) is 6.61. The first-order valence-electron chi connectivity index (χ1n) is 5.82. The monoisotopic (exact) mass is 352 g/mol. The number of rotatable bonds is 2. The number of hydrazine groups is 2. The second-order valence-electron chi connectivity index (χ2n) is 3.42. The molecule has 6 nitrogen and oxygen atoms in total. The maximum Gasteiger partial charge on any atom is 0.265 e. The van der Waals surface area contributed by atoms with E-state index in [0.29, 0.717) is 12.0 Å². The molecule has 2 amide bonds. The Balaban J connectivity index is 0.000000317. The van der Waals surface area contributed by atoms with Crippen molar-refractivity contribution in [1.29, 1.82) is 0 Å². The van der Waals surface area contributed by atoms with E-state index in [0.717, 1.165) is 4.47 Å². The number of nitrogens with one attached hydrogen (secondary N) is 2. The van der Waals surface area contributed by atoms with Gasteiger partial charge in [-0.05, 0) is 24.3 Å². The van der Waals surface area contributed by atoms with E-state index in [1.54, 1.807) is 29.7 Å². The molecule has 0 saturated heterocycles. The van der Waals surface area contributed by atoms with E-state index in [9.17, 15) is 4.79 Å². The second kappa shape index (κ2) is 12.8. The van der Waals surface area contributed by atoms with E-state index < -0.39 is 0 Å². The highest BCUT2D eigenvalue weighted by Gasteiger charge is 1.98. The molecule has 7 heteroatoms. The molecular formula is C14H17BrN4O2. The molecule has 2 aromatic rings. The summed E-state index contributed by atoms with van der Waals surface area (Å²) in [5.74, 6) is 9.05. The summed E-state index contributed by atoms with van der Waals surface area (Å²) in [6.07, 6.45) is 0.403. The van der Waals surface area contributed by atoms with E-state index >= 15 is 0 Å². The quantitative estimate of drug-likeness (QED) is 0.283. The summed E-state index contributed by atoms with van der Waals surface area (Å²) in [4.78, 5) is 19.7. The zero-order chi connectivity index (χ0) is 15.9. The number of hydrogen-bond acceptors (Lipinski definition) is 4. The molecule has 0 aliphatic carbocycles. The third kappa shape index (κ3) is 10.3. The first-order chi connectivity index (χ1) is 10.2. The van der Waals surface area contributed by atoms with Crippen molar-refractivity contribution in [3.8, 4) is 0 Å². The van der Waals surface area contributed by atoms with E-state index in [1.807, 2.05) is 41.8 Å². The highest BCUT2D eigenvalue weighted by molar-refractivity contribution is 9.10. The minimum absolute atomic E-state index is 0.263. The molecule has 0 unspecified atom stereocenters. The van der Waals surface area contributed by atoms with Crippen LogP contribution in [0, 0.1) is 0 Å². The van der Waals surface area contributed by atoms with Crippen LogP contribution in [-0.4, -0.2) is 12.3 Å². The smallest absolute Gasteiger partial charge is 0.265 e. The highest BCUT2D eigenvalue weighted by Crippen LogP contribution is 2.05. The van der Waals surface area contributed by atoms with Crippen molar-refractivity contribution in [2.45, 2.75) is 0 Å². The molecule has 0 aliphatic heterocycles. The van der Waals surface area contributed by atoms with Gasteiger partial charge in [0.25, 0.3) is 5.91 Å². The van der Waals surface area contributed by atoms with Gasteiger partial charge in [0.2, 0.25) is 6.41 Å². The Morgan fingerprint density at radius 3 is 1.67 bits per heavy atom. The highest BCUT2D eigenvalue weighted by atomic mass is 79.9. The average Bonchev–Trinajstić information content (AvgIpc) is 2.56. The van der Waals surface area contributed by atoms with Crippen LogP contribution >= 0.6 is 15.9 Å². The van der Waals surface area contributed by atoms with Gasteiger partial charge in [0.05, 0.1) is 0 Å². The van der Waals surface area contributed by atoms with Crippen molar-refractivity contribution >= 4 is 28.2 Å². The van der Waals surface area contributed by atoms with Gasteiger partial charge in [-0.15, -0.1) is 0 Å². The Bertz CT molecular complexity index is 509. The van der Waals surface area contributed by atoms with Gasteiger partial charge in [0.15, 0.2) is 0 Å². The van der Waals surface area contributed by atoms with Crippen LogP contribution < -0.4 is 22.5 Å². The van der Waals surface area contributed by atoms with Crippen LogP contribution in [0.5, 0.6) is 0 Å². The average molecular weight is 353 g/mol. The molecule has 0 spiro atoms. The molecule has 21 heavy (non-hydrogen) atoms. The van der Waals surface area contributed by atoms with Crippen LogP contribution in [0.25, 0.3) is 0 Å². The summed E-state index contributed by atoms with van der Waals surface area (Å²) < 4.78 is 1.13. The lowest BCUT2D eigenvalue weighted by Crippen LogP contribution is -2.29. The maximum absolute atomic E-state index is 10.8. The summed E-state index contributed by atoms with van der Waals surface area (Å²) in [5, 5.41) is 0. The van der Waals surface area contributed by atoms with Crippen LogP contribution in [-0.2, 0) is 4.79 Å². The van der Waals surface area contributed by atoms with Crippen LogP contribution in [0.2, 0.25) is 0 Å². The van der Waals surface area contributed by atoms with Gasteiger partial charge in [-0.1, -0.05) is 52.3 Å². The first kappa shape index (κ1) is 18.8. The number of carbonyl (C=O) groups is 2. The largest absolute Gasteiger partial charge is 0.297 e. The van der Waals surface area contributed by atoms with E-state index in [2.05, 4.69) is 21.8 Å². The Kier molecular flexibility index (Phi) is 11.4. The van der Waals surface area contributed by atoms with Crippen LogP contribution in [0.4, 0.5) is 0 Å². The van der Waals surface area contributed by atoms with Crippen LogP contribution in [0.15, 0.2) is 65.1 Å². The minimum Gasteiger partial charge on any atom is -0.297 e. The van der Waals surface area contributed by atoms with Crippen LogP contribution in [0.3, 0.4) is 0 Å². The second-order valence-corrected chi connectivity index (χ2v) is 4.34. The van der Waals surface area contributed by atoms with Gasteiger partial charge in [-0.2, -0.15) is 0 Å². The van der Waals surface area contributed by atoms with Crippen molar-refractivity contribution in [1.82, 2.24) is 10.9 Å². The summed E-state index contributed by atoms with van der Waals surface area (Å²) in [6.45, 7) is 0. The number of amides is 2. The number of hydrogen-bond donors (Lipinski definition) is 4. The van der Waals surface area contributed by atoms with Crippen molar-refractivity contribution in [3.05, 3.63) is 70.7 Å². The Morgan fingerprint density at radius 1 is 0.952 bits per heavy atom. The molecule has 0 aliphatic rings. The maximum atomic E-state index is 10.8. The molecule has 0 atom stereocenters. The molecule has 0 saturated carbocycles. The summed E-state index contributed by atoms with van der Waals surface area (Å²) in [7, 11) is 0. The molecular weight excluding hydrogens is 336 g/mol. The van der Waals surface area contributed by atoms with Gasteiger partial charge in [-0.25, -0.2) is 11.7 Å². The molecule has 0 fully saturated rings. The molecule has 2 aromatic carbocycles. The molecule has 0 aromatic heterocycles. The Labute approximate surface area is 131 Å². The normalized spacial score (nSPS) is 8.14. The molecule has 0 radical (unpaired) electrons. The van der Waals surface area contributed by atoms with Gasteiger partial charge in [0.1, 0.15) is 0 Å². The predicted octanol–water partition coefficient (Wildman–Crippen LogP) is 1.35. The van der Waals surface area contributed by atoms with Crippen molar-refractivity contribution in [3.63, 3.8) is 0 Å². The van der Waals surface area contributed by atoms with Crippen molar-refractivity contribution < 1.29 is 9.59 Å². The Hall–Kier alpha value is -2.22. The van der Waals surface area contributed by atoms with Crippen molar-refractivity contribution in [2.75, 3.05) is 0 Å². The fraction of sp³-hybridized carbons (Fsp3) is 0. The molecule has 112 valence electrons. The minimum atomic E-state index is -0.263. The fourth-order valence-corrected chi connectivity index (χ4v) is 1.39. The van der Waals surface area contributed by atoms with Gasteiger partial charge >= 0.3 is 0 Å². The van der Waals surface area contributed by atoms with E-state index in [1.165, 1.54) is 0 Å². The zero-order valence-corrected chi connectivity index (χ0v) is 12.8. The lowest BCUT2D eigenvalue weighted by atomic mass is 10.2. The number of nitrogens with two attached hydrogens (primary N) is 2. The molecule has 2 rings (SSSR count). The third-order valence-corrected chi connectivity index (χ3v) is 2.50. The Morgan fingerprint density at radius 2 is 1.38 bits per heavy atom. The molecule has 0 bridgehead atoms. The lowest BCUT2D eigenvalue weighted by Gasteiger charge is -1.95. The number of carbonyl (C=O) groups excluding carboxylic acids is 2. The van der Waals surface area contributed by atoms with Gasteiger partial charge < -0.3 is 0 Å². The predicted molar refractivity (Wildman–Crippen MR) is 85.6 cm³/mol. The topological polar surface area (TPSA) is 110 Å². The van der Waals surface area contributed by atoms with E-state index in [-0.39, 0.29) is 5.91 Å². The van der Waals surface area contributed by atoms with Crippen LogP contribution in [0.1, 0.15) is 10.4 Å². The third-order valence-electron chi connectivity index (χ3n) is 1.97. The zero-order valence-electron chi connectivity index (χ0n) is 11.2. The number of nitrogen functional groups attached to an aromatic ring is 1. The summed E-state index contributed by atoms with van der Waals surface area (Å²) in [5.41, 5.74) is 4.37. The fourth-order valence-electron chi connectivity index (χ4n) is 1.09. The van der Waals surface area contributed by atoms with Gasteiger partial charge in [0, 0.05) is 10.0 Å². The molecule has 0 heterocycles. The van der Waals surface area contributed by atoms with Crippen molar-refractivity contribution in [2.24, 2.45) is 11.7 Å². The lowest BCUT2D eigenvalue weighted by molar-refractivity contribution is -0.109. The van der Waals surface area contributed by atoms with Gasteiger partial charge in [-0.3, -0.25) is 20.4 Å². The van der Waals surface area contributed by atoms with E-state index in [4.69, 9.17) is 10.6 Å². The summed E-state index contributed by atoms with van der Waals surface area (Å²) in [6, 6.07) is 18.8. The number of halogens is 1. The number of benzene rings is 2. The molecule has 6 N–H and O–H groups in total. The standard InChI is InChI=1S/C7H8N2O.C6H5Br.CH4N2O/c8-9-7(10)6-4-2-1-3-5-6;7-6-4-2-1-3-5-6;2-3-1-4/h1-5H,8H2,(H,9,10);1-5H;1H,2H2,(H,3,4). The SMILES string of the molecule is Brc1ccccc1.NNC(=O)c1ccccc1.NNC=O.